The Morgan fingerprint density at radius 2 is 1.50 bits per heavy atom. The molecule has 3 aromatic rings. The molecule has 0 N–H and O–H groups in total. The van der Waals surface area contributed by atoms with Crippen molar-refractivity contribution in [3.8, 4) is 17.3 Å². The van der Waals surface area contributed by atoms with Gasteiger partial charge in [0.1, 0.15) is 0 Å². The van der Waals surface area contributed by atoms with E-state index in [-0.39, 0.29) is 0 Å². The molecule has 2 heteroatoms. The summed E-state index contributed by atoms with van der Waals surface area (Å²) in [5.74, 6) is 0. The summed E-state index contributed by atoms with van der Waals surface area (Å²) in [5, 5.41) is 8.70. The van der Waals surface area contributed by atoms with Gasteiger partial charge >= 0.3 is 0 Å². The summed E-state index contributed by atoms with van der Waals surface area (Å²) in [6, 6.07) is 24.7. The Morgan fingerprint density at radius 3 is 2.14 bits per heavy atom. The van der Waals surface area contributed by atoms with E-state index in [0.29, 0.717) is 6.42 Å². The van der Waals surface area contributed by atoms with Crippen molar-refractivity contribution in [2.24, 2.45) is 0 Å². The first-order chi connectivity index (χ1) is 10.8. The average molecular weight is 284 g/mol. The van der Waals surface area contributed by atoms with E-state index >= 15 is 0 Å². The number of nitriles is 1. The summed E-state index contributed by atoms with van der Waals surface area (Å²) in [6.07, 6.45) is 3.28. The lowest BCUT2D eigenvalue weighted by Gasteiger charge is -2.05. The van der Waals surface area contributed by atoms with E-state index in [4.69, 9.17) is 5.26 Å². The van der Waals surface area contributed by atoms with Crippen LogP contribution in [-0.4, -0.2) is 4.98 Å². The maximum absolute atomic E-state index is 8.70. The van der Waals surface area contributed by atoms with Crippen molar-refractivity contribution >= 4 is 0 Å². The van der Waals surface area contributed by atoms with E-state index in [1.165, 1.54) is 11.1 Å². The van der Waals surface area contributed by atoms with E-state index < -0.39 is 0 Å². The second kappa shape index (κ2) is 6.69. The number of pyridine rings is 1. The Hall–Kier alpha value is -2.92. The van der Waals surface area contributed by atoms with E-state index in [0.717, 1.165) is 23.2 Å². The van der Waals surface area contributed by atoms with Gasteiger partial charge < -0.3 is 0 Å². The summed E-state index contributed by atoms with van der Waals surface area (Å²) in [5.41, 5.74) is 5.56. The Labute approximate surface area is 130 Å². The van der Waals surface area contributed by atoms with Crippen LogP contribution in [0.3, 0.4) is 0 Å². The van der Waals surface area contributed by atoms with E-state index in [1.54, 1.807) is 0 Å². The van der Waals surface area contributed by atoms with Crippen LogP contribution in [0.25, 0.3) is 11.3 Å². The van der Waals surface area contributed by atoms with Gasteiger partial charge in [-0.3, -0.25) is 4.98 Å². The third kappa shape index (κ3) is 3.39. The molecular weight excluding hydrogens is 268 g/mol. The SMILES string of the molecule is N#CCc1ccc(-c2ccc(Cc3ccccc3)cn2)cc1. The molecule has 0 spiro atoms. The predicted octanol–water partition coefficient (Wildman–Crippen LogP) is 4.41. The van der Waals surface area contributed by atoms with Gasteiger partial charge in [-0.05, 0) is 29.2 Å². The average Bonchev–Trinajstić information content (AvgIpc) is 2.58. The minimum Gasteiger partial charge on any atom is -0.256 e. The highest BCUT2D eigenvalue weighted by atomic mass is 14.7. The highest BCUT2D eigenvalue weighted by molar-refractivity contribution is 5.59. The normalized spacial score (nSPS) is 10.1. The zero-order valence-corrected chi connectivity index (χ0v) is 12.2. The van der Waals surface area contributed by atoms with Crippen molar-refractivity contribution in [1.82, 2.24) is 4.98 Å². The molecule has 0 aliphatic heterocycles. The van der Waals surface area contributed by atoms with Gasteiger partial charge in [-0.2, -0.15) is 5.26 Å². The Bertz CT molecular complexity index is 767. The fourth-order valence-electron chi connectivity index (χ4n) is 2.42. The minimum atomic E-state index is 0.448. The van der Waals surface area contributed by atoms with Crippen LogP contribution in [0, 0.1) is 11.3 Å². The lowest BCUT2D eigenvalue weighted by atomic mass is 10.0. The van der Waals surface area contributed by atoms with E-state index in [2.05, 4.69) is 47.5 Å². The van der Waals surface area contributed by atoms with E-state index in [1.807, 2.05) is 36.5 Å². The fraction of sp³-hybridized carbons (Fsp3) is 0.100. The summed E-state index contributed by atoms with van der Waals surface area (Å²) >= 11 is 0. The molecule has 0 fully saturated rings. The molecular formula is C20H16N2. The Balaban J connectivity index is 1.75. The molecule has 0 unspecified atom stereocenters. The summed E-state index contributed by atoms with van der Waals surface area (Å²) in [4.78, 5) is 4.56. The van der Waals surface area contributed by atoms with Crippen molar-refractivity contribution < 1.29 is 0 Å². The molecule has 0 saturated heterocycles. The second-order valence-electron chi connectivity index (χ2n) is 5.25. The molecule has 2 nitrogen and oxygen atoms in total. The fourth-order valence-corrected chi connectivity index (χ4v) is 2.42. The van der Waals surface area contributed by atoms with Gasteiger partial charge in [0.2, 0.25) is 0 Å². The second-order valence-corrected chi connectivity index (χ2v) is 5.25. The van der Waals surface area contributed by atoms with Crippen molar-refractivity contribution in [2.45, 2.75) is 12.8 Å². The number of rotatable bonds is 4. The maximum Gasteiger partial charge on any atom is 0.0702 e. The van der Waals surface area contributed by atoms with Crippen LogP contribution in [-0.2, 0) is 12.8 Å². The van der Waals surface area contributed by atoms with Gasteiger partial charge in [0.15, 0.2) is 0 Å². The monoisotopic (exact) mass is 284 g/mol. The number of aromatic nitrogens is 1. The van der Waals surface area contributed by atoms with Crippen molar-refractivity contribution in [1.29, 1.82) is 5.26 Å². The summed E-state index contributed by atoms with van der Waals surface area (Å²) in [6.45, 7) is 0. The van der Waals surface area contributed by atoms with Gasteiger partial charge in [-0.15, -0.1) is 0 Å². The summed E-state index contributed by atoms with van der Waals surface area (Å²) < 4.78 is 0. The van der Waals surface area contributed by atoms with Crippen LogP contribution in [0.4, 0.5) is 0 Å². The molecule has 0 aliphatic carbocycles. The molecule has 3 rings (SSSR count). The third-order valence-corrected chi connectivity index (χ3v) is 3.61. The molecule has 0 aliphatic rings. The molecule has 0 amide bonds. The number of hydrogen-bond donors (Lipinski definition) is 0. The van der Waals surface area contributed by atoms with Gasteiger partial charge in [0, 0.05) is 11.8 Å². The molecule has 2 aromatic carbocycles. The molecule has 0 radical (unpaired) electrons. The van der Waals surface area contributed by atoms with Crippen molar-refractivity contribution in [3.63, 3.8) is 0 Å². The third-order valence-electron chi connectivity index (χ3n) is 3.61. The lowest BCUT2D eigenvalue weighted by molar-refractivity contribution is 1.15. The zero-order chi connectivity index (χ0) is 15.2. The van der Waals surface area contributed by atoms with Crippen LogP contribution in [0.1, 0.15) is 16.7 Å². The largest absolute Gasteiger partial charge is 0.256 e. The molecule has 1 heterocycles. The molecule has 22 heavy (non-hydrogen) atoms. The highest BCUT2D eigenvalue weighted by Crippen LogP contribution is 2.19. The van der Waals surface area contributed by atoms with Gasteiger partial charge in [0.05, 0.1) is 18.2 Å². The Morgan fingerprint density at radius 1 is 0.773 bits per heavy atom. The number of hydrogen-bond acceptors (Lipinski definition) is 2. The standard InChI is InChI=1S/C20H16N2/c21-13-12-16-6-9-19(10-7-16)20-11-8-18(15-22-20)14-17-4-2-1-3-5-17/h1-11,15H,12,14H2. The van der Waals surface area contributed by atoms with Crippen molar-refractivity contribution in [2.75, 3.05) is 0 Å². The zero-order valence-electron chi connectivity index (χ0n) is 12.2. The Kier molecular flexibility index (Phi) is 4.27. The first-order valence-corrected chi connectivity index (χ1v) is 7.30. The quantitative estimate of drug-likeness (QED) is 0.711. The first-order valence-electron chi connectivity index (χ1n) is 7.30. The van der Waals surface area contributed by atoms with Gasteiger partial charge in [-0.1, -0.05) is 60.7 Å². The van der Waals surface area contributed by atoms with Gasteiger partial charge in [0.25, 0.3) is 0 Å². The number of benzene rings is 2. The maximum atomic E-state index is 8.70. The van der Waals surface area contributed by atoms with Crippen LogP contribution in [0.2, 0.25) is 0 Å². The molecule has 1 aromatic heterocycles. The topological polar surface area (TPSA) is 36.7 Å². The van der Waals surface area contributed by atoms with E-state index in [9.17, 15) is 0 Å². The molecule has 0 bridgehead atoms. The summed E-state index contributed by atoms with van der Waals surface area (Å²) in [7, 11) is 0. The molecule has 106 valence electrons. The minimum absolute atomic E-state index is 0.448. The lowest BCUT2D eigenvalue weighted by Crippen LogP contribution is -1.91. The predicted molar refractivity (Wildman–Crippen MR) is 88.2 cm³/mol. The van der Waals surface area contributed by atoms with Gasteiger partial charge in [-0.25, -0.2) is 0 Å². The molecule has 0 saturated carbocycles. The number of nitrogens with zero attached hydrogens (tertiary/aromatic N) is 2. The first kappa shape index (κ1) is 14.0. The highest BCUT2D eigenvalue weighted by Gasteiger charge is 2.01. The molecule has 0 atom stereocenters. The smallest absolute Gasteiger partial charge is 0.0702 e. The van der Waals surface area contributed by atoms with Crippen molar-refractivity contribution in [3.05, 3.63) is 89.6 Å². The van der Waals surface area contributed by atoms with Crippen LogP contribution in [0.5, 0.6) is 0 Å². The van der Waals surface area contributed by atoms with Crippen LogP contribution < -0.4 is 0 Å². The van der Waals surface area contributed by atoms with Crippen LogP contribution >= 0.6 is 0 Å². The van der Waals surface area contributed by atoms with Crippen LogP contribution in [0.15, 0.2) is 72.9 Å².